The number of hydrogen-bond acceptors (Lipinski definition) is 4. The summed E-state index contributed by atoms with van der Waals surface area (Å²) in [6.45, 7) is 0. The number of hydrogen-bond donors (Lipinski definition) is 1. The fourth-order valence-electron chi connectivity index (χ4n) is 1.72. The van der Waals surface area contributed by atoms with E-state index in [9.17, 15) is 14.9 Å². The Hall–Kier alpha value is -2.41. The van der Waals surface area contributed by atoms with E-state index >= 15 is 0 Å². The lowest BCUT2D eigenvalue weighted by molar-refractivity contribution is -0.384. The fraction of sp³-hybridized carbons (Fsp3) is 0.0714. The molecule has 0 aromatic heterocycles. The van der Waals surface area contributed by atoms with Crippen molar-refractivity contribution in [3.05, 3.63) is 63.7 Å². The number of non-ortho nitro benzene ring substituents is 1. The first-order chi connectivity index (χ1) is 10.0. The van der Waals surface area contributed by atoms with Gasteiger partial charge in [-0.1, -0.05) is 34.1 Å². The summed E-state index contributed by atoms with van der Waals surface area (Å²) in [6.07, 6.45) is 0. The summed E-state index contributed by atoms with van der Waals surface area (Å²) in [7, 11) is 0. The molecule has 2 rings (SSSR count). The van der Waals surface area contributed by atoms with Gasteiger partial charge in [0.2, 0.25) is 0 Å². The van der Waals surface area contributed by atoms with Gasteiger partial charge in [-0.3, -0.25) is 10.1 Å². The molecule has 0 fully saturated rings. The number of carboxylic acids is 1. The minimum Gasteiger partial charge on any atom is -0.478 e. The van der Waals surface area contributed by atoms with Crippen molar-refractivity contribution >= 4 is 27.6 Å². The van der Waals surface area contributed by atoms with Crippen molar-refractivity contribution in [3.63, 3.8) is 0 Å². The molecule has 0 aliphatic rings. The number of carboxylic acid groups (broad SMARTS) is 1. The van der Waals surface area contributed by atoms with Crippen molar-refractivity contribution in [3.8, 4) is 11.5 Å². The summed E-state index contributed by atoms with van der Waals surface area (Å²) in [4.78, 5) is 21.3. The van der Waals surface area contributed by atoms with Gasteiger partial charge < -0.3 is 9.84 Å². The van der Waals surface area contributed by atoms with Crippen LogP contribution in [0.25, 0.3) is 0 Å². The number of halogens is 1. The van der Waals surface area contributed by atoms with Gasteiger partial charge in [-0.05, 0) is 12.1 Å². The number of aromatic carboxylic acids is 1. The van der Waals surface area contributed by atoms with Crippen molar-refractivity contribution in [2.75, 3.05) is 0 Å². The Labute approximate surface area is 128 Å². The lowest BCUT2D eigenvalue weighted by Gasteiger charge is -2.11. The van der Waals surface area contributed by atoms with Crippen LogP contribution in [0.2, 0.25) is 0 Å². The van der Waals surface area contributed by atoms with E-state index in [1.54, 1.807) is 12.1 Å². The van der Waals surface area contributed by atoms with Crippen LogP contribution in [-0.2, 0) is 5.33 Å². The van der Waals surface area contributed by atoms with Gasteiger partial charge >= 0.3 is 5.97 Å². The normalized spacial score (nSPS) is 10.1. The number of nitro benzene ring substituents is 1. The summed E-state index contributed by atoms with van der Waals surface area (Å²) < 4.78 is 5.59. The third-order valence-electron chi connectivity index (χ3n) is 2.74. The van der Waals surface area contributed by atoms with E-state index in [0.717, 1.165) is 11.6 Å². The number of ether oxygens (including phenoxy) is 1. The van der Waals surface area contributed by atoms with Crippen LogP contribution < -0.4 is 4.74 Å². The van der Waals surface area contributed by atoms with Gasteiger partial charge in [0.25, 0.3) is 5.69 Å². The number of nitrogens with zero attached hydrogens (tertiary/aromatic N) is 1. The zero-order valence-electron chi connectivity index (χ0n) is 10.7. The van der Waals surface area contributed by atoms with Gasteiger partial charge in [0, 0.05) is 23.0 Å². The van der Waals surface area contributed by atoms with E-state index in [4.69, 9.17) is 9.84 Å². The van der Waals surface area contributed by atoms with Crippen LogP contribution in [0, 0.1) is 10.1 Å². The lowest BCUT2D eigenvalue weighted by atomic mass is 10.1. The predicted octanol–water partition coefficient (Wildman–Crippen LogP) is 3.98. The zero-order chi connectivity index (χ0) is 15.4. The number of benzene rings is 2. The topological polar surface area (TPSA) is 89.7 Å². The van der Waals surface area contributed by atoms with Crippen LogP contribution in [0.4, 0.5) is 5.69 Å². The standard InChI is InChI=1S/C14H10BrNO5/c15-8-9-3-1-2-4-12(9)21-13-6-5-10(16(19)20)7-11(13)14(17)18/h1-7H,8H2,(H,17,18). The largest absolute Gasteiger partial charge is 0.478 e. The van der Waals surface area contributed by atoms with Crippen LogP contribution in [0.5, 0.6) is 11.5 Å². The molecule has 0 spiro atoms. The summed E-state index contributed by atoms with van der Waals surface area (Å²) >= 11 is 3.31. The molecular formula is C14H10BrNO5. The van der Waals surface area contributed by atoms with E-state index in [0.29, 0.717) is 11.1 Å². The Morgan fingerprint density at radius 3 is 2.57 bits per heavy atom. The van der Waals surface area contributed by atoms with Crippen molar-refractivity contribution in [1.29, 1.82) is 0 Å². The number of nitro groups is 1. The third kappa shape index (κ3) is 3.38. The SMILES string of the molecule is O=C(O)c1cc([N+](=O)[O-])ccc1Oc1ccccc1CBr. The molecule has 0 radical (unpaired) electrons. The second-order valence-electron chi connectivity index (χ2n) is 4.09. The Bertz CT molecular complexity index is 702. The Kier molecular flexibility index (Phi) is 4.54. The van der Waals surface area contributed by atoms with Gasteiger partial charge in [-0.2, -0.15) is 0 Å². The fourth-order valence-corrected chi connectivity index (χ4v) is 2.18. The maximum Gasteiger partial charge on any atom is 0.339 e. The molecule has 0 atom stereocenters. The molecule has 2 aromatic rings. The van der Waals surface area contributed by atoms with Crippen molar-refractivity contribution in [2.24, 2.45) is 0 Å². The summed E-state index contributed by atoms with van der Waals surface area (Å²) in [6, 6.07) is 10.6. The maximum absolute atomic E-state index is 11.2. The highest BCUT2D eigenvalue weighted by atomic mass is 79.9. The first kappa shape index (κ1) is 15.0. The average molecular weight is 352 g/mol. The lowest BCUT2D eigenvalue weighted by Crippen LogP contribution is -2.02. The van der Waals surface area contributed by atoms with Crippen molar-refractivity contribution < 1.29 is 19.6 Å². The average Bonchev–Trinajstić information content (AvgIpc) is 2.47. The van der Waals surface area contributed by atoms with Crippen LogP contribution in [-0.4, -0.2) is 16.0 Å². The first-order valence-electron chi connectivity index (χ1n) is 5.86. The first-order valence-corrected chi connectivity index (χ1v) is 6.98. The van der Waals surface area contributed by atoms with Crippen molar-refractivity contribution in [2.45, 2.75) is 5.33 Å². The molecule has 0 amide bonds. The molecule has 0 saturated carbocycles. The molecule has 7 heteroatoms. The molecule has 0 bridgehead atoms. The molecule has 0 aliphatic carbocycles. The number of para-hydroxylation sites is 1. The highest BCUT2D eigenvalue weighted by Crippen LogP contribution is 2.31. The minimum absolute atomic E-state index is 0.0569. The third-order valence-corrected chi connectivity index (χ3v) is 3.34. The second-order valence-corrected chi connectivity index (χ2v) is 4.65. The monoisotopic (exact) mass is 351 g/mol. The van der Waals surface area contributed by atoms with E-state index in [2.05, 4.69) is 15.9 Å². The summed E-state index contributed by atoms with van der Waals surface area (Å²) in [5.41, 5.74) is 0.286. The van der Waals surface area contributed by atoms with Crippen LogP contribution in [0.1, 0.15) is 15.9 Å². The minimum atomic E-state index is -1.29. The molecule has 6 nitrogen and oxygen atoms in total. The molecule has 0 aliphatic heterocycles. The van der Waals surface area contributed by atoms with Crippen molar-refractivity contribution in [1.82, 2.24) is 0 Å². The van der Waals surface area contributed by atoms with Crippen LogP contribution in [0.15, 0.2) is 42.5 Å². The van der Waals surface area contributed by atoms with Gasteiger partial charge in [-0.15, -0.1) is 0 Å². The Morgan fingerprint density at radius 2 is 1.95 bits per heavy atom. The summed E-state index contributed by atoms with van der Waals surface area (Å²) in [5.74, 6) is -0.739. The van der Waals surface area contributed by atoms with E-state index in [1.807, 2.05) is 12.1 Å². The molecule has 108 valence electrons. The molecular weight excluding hydrogens is 342 g/mol. The molecule has 0 saturated heterocycles. The van der Waals surface area contributed by atoms with Gasteiger partial charge in [-0.25, -0.2) is 4.79 Å². The molecule has 0 heterocycles. The number of alkyl halides is 1. The quantitative estimate of drug-likeness (QED) is 0.499. The van der Waals surface area contributed by atoms with Crippen LogP contribution in [0.3, 0.4) is 0 Å². The van der Waals surface area contributed by atoms with Crippen LogP contribution >= 0.6 is 15.9 Å². The molecule has 1 N–H and O–H groups in total. The van der Waals surface area contributed by atoms with Gasteiger partial charge in [0.05, 0.1) is 4.92 Å². The smallest absolute Gasteiger partial charge is 0.339 e. The number of carbonyl (C=O) groups is 1. The van der Waals surface area contributed by atoms with E-state index in [1.165, 1.54) is 12.1 Å². The van der Waals surface area contributed by atoms with Gasteiger partial charge in [0.15, 0.2) is 0 Å². The molecule has 0 unspecified atom stereocenters. The van der Waals surface area contributed by atoms with E-state index in [-0.39, 0.29) is 17.0 Å². The maximum atomic E-state index is 11.2. The highest BCUT2D eigenvalue weighted by Gasteiger charge is 2.18. The number of rotatable bonds is 5. The second kappa shape index (κ2) is 6.36. The van der Waals surface area contributed by atoms with E-state index < -0.39 is 10.9 Å². The Balaban J connectivity index is 2.44. The predicted molar refractivity (Wildman–Crippen MR) is 79.2 cm³/mol. The Morgan fingerprint density at radius 1 is 1.24 bits per heavy atom. The molecule has 21 heavy (non-hydrogen) atoms. The van der Waals surface area contributed by atoms with Gasteiger partial charge in [0.1, 0.15) is 17.1 Å². The zero-order valence-corrected chi connectivity index (χ0v) is 12.2. The summed E-state index contributed by atoms with van der Waals surface area (Å²) in [5, 5.41) is 20.4. The molecule has 2 aromatic carbocycles. The highest BCUT2D eigenvalue weighted by molar-refractivity contribution is 9.08.